The number of thioether (sulfide) groups is 1. The molecule has 0 radical (unpaired) electrons. The zero-order chi connectivity index (χ0) is 28.8. The van der Waals surface area contributed by atoms with Crippen LogP contribution in [0.1, 0.15) is 34.0 Å². The molecule has 0 spiro atoms. The summed E-state index contributed by atoms with van der Waals surface area (Å²) >= 11 is 1.33. The Bertz CT molecular complexity index is 1570. The molecular formula is C30H29FN6O3S. The summed E-state index contributed by atoms with van der Waals surface area (Å²) in [5.74, 6) is 0.106. The SMILES string of the molecule is CC(=O)c1ccc(N2CCN(C(=O)Cn3cc(Cc4cncnc4)c(=O)nc3SCc3ccc(F)cc3)CC2)cc1. The highest BCUT2D eigenvalue weighted by Crippen LogP contribution is 2.22. The molecule has 1 saturated heterocycles. The van der Waals surface area contributed by atoms with Gasteiger partial charge in [-0.2, -0.15) is 4.98 Å². The third-order valence-corrected chi connectivity index (χ3v) is 7.96. The Morgan fingerprint density at radius 3 is 2.27 bits per heavy atom. The molecule has 0 atom stereocenters. The number of halogens is 1. The third kappa shape index (κ3) is 7.23. The summed E-state index contributed by atoms with van der Waals surface area (Å²) in [6, 6.07) is 13.7. The number of benzene rings is 2. The molecule has 4 aromatic rings. The molecule has 0 unspecified atom stereocenters. The molecule has 9 nitrogen and oxygen atoms in total. The number of aromatic nitrogens is 4. The Hall–Kier alpha value is -4.38. The molecule has 2 aromatic carbocycles. The van der Waals surface area contributed by atoms with Gasteiger partial charge in [-0.05, 0) is 54.4 Å². The molecule has 0 bridgehead atoms. The summed E-state index contributed by atoms with van der Waals surface area (Å²) in [5, 5.41) is 0.421. The number of amides is 1. The first-order valence-electron chi connectivity index (χ1n) is 13.2. The standard InChI is InChI=1S/C30H29FN6O3S/c1-21(38)24-4-8-27(9-5-24)35-10-12-36(13-11-35)28(39)18-37-17-25(14-23-15-32-20-33-16-23)29(40)34-30(37)41-19-22-2-6-26(31)7-3-22/h2-9,15-17,20H,10-14,18-19H2,1H3. The first-order valence-corrected chi connectivity index (χ1v) is 14.2. The lowest BCUT2D eigenvalue weighted by molar-refractivity contribution is -0.132. The molecule has 1 aliphatic rings. The molecule has 1 amide bonds. The molecule has 3 heterocycles. The summed E-state index contributed by atoms with van der Waals surface area (Å²) in [5.41, 5.74) is 3.40. The first-order chi connectivity index (χ1) is 19.9. The normalized spacial score (nSPS) is 13.3. The predicted octanol–water partition coefficient (Wildman–Crippen LogP) is 3.61. The maximum Gasteiger partial charge on any atom is 0.277 e. The van der Waals surface area contributed by atoms with Crippen molar-refractivity contribution in [2.75, 3.05) is 31.1 Å². The summed E-state index contributed by atoms with van der Waals surface area (Å²) in [7, 11) is 0. The fourth-order valence-electron chi connectivity index (χ4n) is 4.61. The van der Waals surface area contributed by atoms with Crippen molar-refractivity contribution in [3.63, 3.8) is 0 Å². The third-order valence-electron chi connectivity index (χ3n) is 6.90. The quantitative estimate of drug-likeness (QED) is 0.170. The maximum absolute atomic E-state index is 13.4. The molecule has 2 aromatic heterocycles. The number of carbonyl (C=O) groups excluding carboxylic acids is 2. The molecule has 11 heteroatoms. The molecule has 1 aliphatic heterocycles. The Labute approximate surface area is 241 Å². The summed E-state index contributed by atoms with van der Waals surface area (Å²) in [4.78, 5) is 54.3. The van der Waals surface area contributed by atoms with Crippen LogP contribution in [-0.2, 0) is 23.5 Å². The fraction of sp³-hybridized carbons (Fsp3) is 0.267. The van der Waals surface area contributed by atoms with Crippen LogP contribution >= 0.6 is 11.8 Å². The second-order valence-corrected chi connectivity index (χ2v) is 10.7. The van der Waals surface area contributed by atoms with Gasteiger partial charge in [0.05, 0.1) is 0 Å². The van der Waals surface area contributed by atoms with E-state index in [2.05, 4.69) is 19.9 Å². The second-order valence-electron chi connectivity index (χ2n) is 9.79. The zero-order valence-corrected chi connectivity index (χ0v) is 23.4. The van der Waals surface area contributed by atoms with E-state index in [0.29, 0.717) is 54.6 Å². The number of hydrogen-bond donors (Lipinski definition) is 0. The van der Waals surface area contributed by atoms with Crippen molar-refractivity contribution in [3.05, 3.63) is 112 Å². The summed E-state index contributed by atoms with van der Waals surface area (Å²) in [6.45, 7) is 4.01. The second kappa shape index (κ2) is 12.9. The van der Waals surface area contributed by atoms with E-state index in [1.54, 1.807) is 42.2 Å². The largest absolute Gasteiger partial charge is 0.368 e. The van der Waals surface area contributed by atoms with Gasteiger partial charge in [0, 0.05) is 73.8 Å². The monoisotopic (exact) mass is 572 g/mol. The van der Waals surface area contributed by atoms with Crippen LogP contribution in [0.25, 0.3) is 0 Å². The molecule has 0 aliphatic carbocycles. The van der Waals surface area contributed by atoms with Gasteiger partial charge in [0.25, 0.3) is 5.56 Å². The lowest BCUT2D eigenvalue weighted by Crippen LogP contribution is -2.49. The van der Waals surface area contributed by atoms with E-state index >= 15 is 0 Å². The lowest BCUT2D eigenvalue weighted by Gasteiger charge is -2.36. The van der Waals surface area contributed by atoms with E-state index < -0.39 is 0 Å². The average Bonchev–Trinajstić information content (AvgIpc) is 2.99. The van der Waals surface area contributed by atoms with Gasteiger partial charge in [0.1, 0.15) is 18.7 Å². The number of rotatable bonds is 9. The average molecular weight is 573 g/mol. The minimum Gasteiger partial charge on any atom is -0.368 e. The van der Waals surface area contributed by atoms with Crippen LogP contribution in [0.5, 0.6) is 0 Å². The Kier molecular flexibility index (Phi) is 8.83. The Balaban J connectivity index is 1.30. The Morgan fingerprint density at radius 2 is 1.61 bits per heavy atom. The van der Waals surface area contributed by atoms with E-state index in [4.69, 9.17) is 0 Å². The van der Waals surface area contributed by atoms with E-state index in [9.17, 15) is 18.8 Å². The van der Waals surface area contributed by atoms with E-state index in [0.717, 1.165) is 16.8 Å². The highest BCUT2D eigenvalue weighted by molar-refractivity contribution is 7.98. The van der Waals surface area contributed by atoms with Gasteiger partial charge in [-0.25, -0.2) is 14.4 Å². The van der Waals surface area contributed by atoms with Gasteiger partial charge in [-0.1, -0.05) is 23.9 Å². The van der Waals surface area contributed by atoms with Crippen LogP contribution in [0.2, 0.25) is 0 Å². The van der Waals surface area contributed by atoms with Crippen LogP contribution in [-0.4, -0.2) is 62.3 Å². The van der Waals surface area contributed by atoms with Crippen molar-refractivity contribution in [3.8, 4) is 0 Å². The van der Waals surface area contributed by atoms with Gasteiger partial charge < -0.3 is 14.4 Å². The Morgan fingerprint density at radius 1 is 0.927 bits per heavy atom. The summed E-state index contributed by atoms with van der Waals surface area (Å²) in [6.07, 6.45) is 6.71. The lowest BCUT2D eigenvalue weighted by atomic mass is 10.1. The van der Waals surface area contributed by atoms with Gasteiger partial charge >= 0.3 is 0 Å². The van der Waals surface area contributed by atoms with Crippen molar-refractivity contribution in [1.29, 1.82) is 0 Å². The van der Waals surface area contributed by atoms with Crippen molar-refractivity contribution in [2.24, 2.45) is 0 Å². The molecule has 0 N–H and O–H groups in total. The van der Waals surface area contributed by atoms with Crippen LogP contribution in [0, 0.1) is 5.82 Å². The van der Waals surface area contributed by atoms with Crippen LogP contribution < -0.4 is 10.5 Å². The van der Waals surface area contributed by atoms with Gasteiger partial charge in [0.2, 0.25) is 5.91 Å². The minimum absolute atomic E-state index is 0.0272. The zero-order valence-electron chi connectivity index (χ0n) is 22.6. The van der Waals surface area contributed by atoms with Crippen molar-refractivity contribution < 1.29 is 14.0 Å². The smallest absolute Gasteiger partial charge is 0.277 e. The van der Waals surface area contributed by atoms with Crippen molar-refractivity contribution >= 4 is 29.1 Å². The van der Waals surface area contributed by atoms with E-state index in [1.807, 2.05) is 29.2 Å². The van der Waals surface area contributed by atoms with Crippen LogP contribution in [0.3, 0.4) is 0 Å². The van der Waals surface area contributed by atoms with Gasteiger partial charge in [-0.15, -0.1) is 0 Å². The molecule has 0 saturated carbocycles. The summed E-state index contributed by atoms with van der Waals surface area (Å²) < 4.78 is 15.1. The maximum atomic E-state index is 13.4. The van der Waals surface area contributed by atoms with Gasteiger partial charge in [0.15, 0.2) is 10.9 Å². The highest BCUT2D eigenvalue weighted by Gasteiger charge is 2.23. The van der Waals surface area contributed by atoms with Crippen LogP contribution in [0.4, 0.5) is 10.1 Å². The van der Waals surface area contributed by atoms with Crippen molar-refractivity contribution in [1.82, 2.24) is 24.4 Å². The number of nitrogens with zero attached hydrogens (tertiary/aromatic N) is 6. The highest BCUT2D eigenvalue weighted by atomic mass is 32.2. The topological polar surface area (TPSA) is 101 Å². The molecular weight excluding hydrogens is 543 g/mol. The predicted molar refractivity (Wildman–Crippen MR) is 155 cm³/mol. The number of piperazine rings is 1. The van der Waals surface area contributed by atoms with E-state index in [1.165, 1.54) is 30.2 Å². The molecule has 5 rings (SSSR count). The fourth-order valence-corrected chi connectivity index (χ4v) is 5.53. The van der Waals surface area contributed by atoms with Crippen molar-refractivity contribution in [2.45, 2.75) is 30.8 Å². The molecule has 210 valence electrons. The first kappa shape index (κ1) is 28.2. The van der Waals surface area contributed by atoms with E-state index in [-0.39, 0.29) is 29.6 Å². The molecule has 1 fully saturated rings. The number of anilines is 1. The number of hydrogen-bond acceptors (Lipinski definition) is 8. The number of carbonyl (C=O) groups is 2. The minimum atomic E-state index is -0.372. The van der Waals surface area contributed by atoms with Gasteiger partial charge in [-0.3, -0.25) is 14.4 Å². The number of ketones is 1. The van der Waals surface area contributed by atoms with Crippen LogP contribution in [0.15, 0.2) is 83.4 Å². The number of Topliss-reactive ketones (excluding diaryl/α,β-unsaturated/α-hetero) is 1. The molecule has 41 heavy (non-hydrogen) atoms.